The number of esters is 1. The molecule has 1 aliphatic rings. The Bertz CT molecular complexity index is 799. The molecule has 0 unspecified atom stereocenters. The van der Waals surface area contributed by atoms with E-state index in [0.29, 0.717) is 19.5 Å². The summed E-state index contributed by atoms with van der Waals surface area (Å²) in [5.41, 5.74) is 2.20. The molecule has 2 aromatic rings. The molecule has 1 aromatic heterocycles. The number of benzene rings is 1. The van der Waals surface area contributed by atoms with Crippen LogP contribution >= 0.6 is 23.1 Å². The number of thioether (sulfide) groups is 1. The second kappa shape index (κ2) is 8.92. The summed E-state index contributed by atoms with van der Waals surface area (Å²) in [6.45, 7) is 3.29. The van der Waals surface area contributed by atoms with Crippen molar-refractivity contribution in [1.82, 2.24) is 4.98 Å². The van der Waals surface area contributed by atoms with E-state index in [1.54, 1.807) is 23.1 Å². The molecule has 2 heterocycles. The first-order valence-corrected chi connectivity index (χ1v) is 10.0. The maximum atomic E-state index is 12.2. The summed E-state index contributed by atoms with van der Waals surface area (Å²) in [4.78, 5) is 21.3. The Morgan fingerprint density at radius 2 is 2.08 bits per heavy atom. The highest BCUT2D eigenvalue weighted by Gasteiger charge is 2.28. The lowest BCUT2D eigenvalue weighted by atomic mass is 10.2. The largest absolute Gasteiger partial charge is 0.458 e. The molecule has 0 saturated heterocycles. The first kappa shape index (κ1) is 20.8. The van der Waals surface area contributed by atoms with Gasteiger partial charge in [-0.1, -0.05) is 6.07 Å². The number of hydrogen-bond donors (Lipinski definition) is 0. The zero-order valence-corrected chi connectivity index (χ0v) is 17.4. The van der Waals surface area contributed by atoms with Crippen LogP contribution in [-0.4, -0.2) is 73.7 Å². The highest BCUT2D eigenvalue weighted by Crippen LogP contribution is 2.30. The van der Waals surface area contributed by atoms with Gasteiger partial charge >= 0.3 is 5.97 Å². The summed E-state index contributed by atoms with van der Waals surface area (Å²) in [6, 6.07) is 5.81. The van der Waals surface area contributed by atoms with Crippen molar-refractivity contribution in [3.63, 3.8) is 0 Å². The normalized spacial score (nSPS) is 16.8. The van der Waals surface area contributed by atoms with Crippen molar-refractivity contribution in [2.75, 3.05) is 47.2 Å². The SMILES string of the molecule is CF.Cc1ccc2nc(C3=N[C@@H](C(=O)OCC[N+](C)(C)C)CS3)sc2c1. The Kier molecular flexibility index (Phi) is 7.14. The molecule has 26 heavy (non-hydrogen) atoms. The number of quaternary nitrogens is 1. The van der Waals surface area contributed by atoms with E-state index in [2.05, 4.69) is 50.2 Å². The van der Waals surface area contributed by atoms with Crippen LogP contribution in [0.5, 0.6) is 0 Å². The van der Waals surface area contributed by atoms with Crippen molar-refractivity contribution >= 4 is 44.3 Å². The molecule has 0 spiro atoms. The molecule has 8 heteroatoms. The summed E-state index contributed by atoms with van der Waals surface area (Å²) in [5.74, 6) is 0.399. The predicted molar refractivity (Wildman–Crippen MR) is 108 cm³/mol. The van der Waals surface area contributed by atoms with E-state index < -0.39 is 6.04 Å². The molecule has 0 bridgehead atoms. The van der Waals surface area contributed by atoms with Crippen molar-refractivity contribution in [2.24, 2.45) is 4.99 Å². The fraction of sp³-hybridized carbons (Fsp3) is 0.500. The second-order valence-electron chi connectivity index (χ2n) is 6.93. The Hall–Kier alpha value is -1.51. The maximum absolute atomic E-state index is 12.2. The zero-order chi connectivity index (χ0) is 19.3. The van der Waals surface area contributed by atoms with E-state index in [-0.39, 0.29) is 5.97 Å². The number of halogens is 1. The van der Waals surface area contributed by atoms with Gasteiger partial charge in [-0.05, 0) is 24.6 Å². The van der Waals surface area contributed by atoms with Gasteiger partial charge in [-0.3, -0.25) is 9.38 Å². The number of fused-ring (bicyclic) bond motifs is 1. The van der Waals surface area contributed by atoms with Gasteiger partial charge in [0.25, 0.3) is 0 Å². The third kappa shape index (κ3) is 5.49. The third-order valence-electron chi connectivity index (χ3n) is 3.66. The van der Waals surface area contributed by atoms with Crippen molar-refractivity contribution in [2.45, 2.75) is 13.0 Å². The minimum Gasteiger partial charge on any atom is -0.458 e. The quantitative estimate of drug-likeness (QED) is 0.573. The molecule has 142 valence electrons. The van der Waals surface area contributed by atoms with E-state index in [0.717, 1.165) is 31.3 Å². The van der Waals surface area contributed by atoms with Gasteiger partial charge in [0.2, 0.25) is 0 Å². The molecule has 1 aliphatic heterocycles. The Morgan fingerprint density at radius 3 is 2.77 bits per heavy atom. The van der Waals surface area contributed by atoms with Crippen LogP contribution in [0.25, 0.3) is 10.2 Å². The van der Waals surface area contributed by atoms with Gasteiger partial charge in [-0.25, -0.2) is 9.78 Å². The number of rotatable bonds is 5. The van der Waals surface area contributed by atoms with Crippen LogP contribution in [0.4, 0.5) is 4.39 Å². The summed E-state index contributed by atoms with van der Waals surface area (Å²) in [5, 5.41) is 1.74. The van der Waals surface area contributed by atoms with Crippen molar-refractivity contribution in [3.05, 3.63) is 28.8 Å². The number of thiazole rings is 1. The smallest absolute Gasteiger partial charge is 0.332 e. The van der Waals surface area contributed by atoms with Gasteiger partial charge in [-0.2, -0.15) is 0 Å². The number of carbonyl (C=O) groups is 1. The monoisotopic (exact) mass is 398 g/mol. The first-order valence-electron chi connectivity index (χ1n) is 8.25. The number of aliphatic imine (C=N–C) groups is 1. The average molecular weight is 399 g/mol. The van der Waals surface area contributed by atoms with Gasteiger partial charge in [0.1, 0.15) is 23.2 Å². The van der Waals surface area contributed by atoms with E-state index in [4.69, 9.17) is 4.74 Å². The Labute approximate surface area is 161 Å². The van der Waals surface area contributed by atoms with Crippen LogP contribution < -0.4 is 0 Å². The van der Waals surface area contributed by atoms with Crippen LogP contribution in [0.1, 0.15) is 10.6 Å². The van der Waals surface area contributed by atoms with Crippen LogP contribution in [0.15, 0.2) is 23.2 Å². The number of aryl methyl sites for hydroxylation is 1. The number of likely N-dealkylation sites (N-methyl/N-ethyl adjacent to an activating group) is 1. The molecule has 5 nitrogen and oxygen atoms in total. The van der Waals surface area contributed by atoms with Crippen LogP contribution in [0.3, 0.4) is 0 Å². The molecule has 3 rings (SSSR count). The molecule has 0 saturated carbocycles. The standard InChI is InChI=1S/C17H22N3O2S2.CH3F/c1-11-5-6-12-14(9-11)24-16(18-12)15-19-13(10-23-15)17(21)22-8-7-20(2,3)4;1-2/h5-6,9,13H,7-8,10H2,1-4H3;1H3/q+1;/t13-;/m1./s1. The number of aromatic nitrogens is 1. The van der Waals surface area contributed by atoms with Crippen molar-refractivity contribution in [3.8, 4) is 0 Å². The van der Waals surface area contributed by atoms with Crippen LogP contribution in [0.2, 0.25) is 0 Å². The Morgan fingerprint density at radius 1 is 1.35 bits per heavy atom. The van der Waals surface area contributed by atoms with E-state index in [1.807, 2.05) is 6.07 Å². The summed E-state index contributed by atoms with van der Waals surface area (Å²) in [6.07, 6.45) is 0. The van der Waals surface area contributed by atoms with Gasteiger partial charge in [0, 0.05) is 5.75 Å². The van der Waals surface area contributed by atoms with Crippen molar-refractivity contribution in [1.29, 1.82) is 0 Å². The van der Waals surface area contributed by atoms with Crippen LogP contribution in [-0.2, 0) is 9.53 Å². The number of ether oxygens (including phenoxy) is 1. The lowest BCUT2D eigenvalue weighted by molar-refractivity contribution is -0.870. The second-order valence-corrected chi connectivity index (χ2v) is 8.97. The van der Waals surface area contributed by atoms with Gasteiger partial charge in [0.15, 0.2) is 6.04 Å². The third-order valence-corrected chi connectivity index (χ3v) is 5.87. The lowest BCUT2D eigenvalue weighted by Crippen LogP contribution is -2.38. The summed E-state index contributed by atoms with van der Waals surface area (Å²) >= 11 is 3.21. The van der Waals surface area contributed by atoms with Gasteiger partial charge in [0.05, 0.1) is 38.5 Å². The van der Waals surface area contributed by atoms with Crippen LogP contribution in [0, 0.1) is 6.92 Å². The predicted octanol–water partition coefficient (Wildman–Crippen LogP) is 3.30. The fourth-order valence-corrected chi connectivity index (χ4v) is 4.41. The average Bonchev–Trinajstić information content (AvgIpc) is 3.21. The minimum atomic E-state index is -0.411. The highest BCUT2D eigenvalue weighted by molar-refractivity contribution is 8.15. The topological polar surface area (TPSA) is 51.5 Å². The molecule has 0 amide bonds. The van der Waals surface area contributed by atoms with E-state index >= 15 is 0 Å². The number of carbonyl (C=O) groups excluding carboxylic acids is 1. The summed E-state index contributed by atoms with van der Waals surface area (Å²) < 4.78 is 16.8. The lowest BCUT2D eigenvalue weighted by Gasteiger charge is -2.23. The zero-order valence-electron chi connectivity index (χ0n) is 15.8. The Balaban J connectivity index is 0.00000117. The fourth-order valence-electron chi connectivity index (χ4n) is 2.25. The number of hydrogen-bond acceptors (Lipinski definition) is 6. The first-order chi connectivity index (χ1) is 12.3. The molecule has 1 aromatic carbocycles. The molecule has 0 aliphatic carbocycles. The highest BCUT2D eigenvalue weighted by atomic mass is 32.2. The van der Waals surface area contributed by atoms with E-state index in [9.17, 15) is 9.18 Å². The maximum Gasteiger partial charge on any atom is 0.332 e. The van der Waals surface area contributed by atoms with Gasteiger partial charge in [-0.15, -0.1) is 23.1 Å². The molecular formula is C18H25FN3O2S2+. The molecular weight excluding hydrogens is 373 g/mol. The van der Waals surface area contributed by atoms with Gasteiger partial charge < -0.3 is 9.22 Å². The number of alkyl halides is 1. The molecule has 0 N–H and O–H groups in total. The minimum absolute atomic E-state index is 0.233. The van der Waals surface area contributed by atoms with Crippen molar-refractivity contribution < 1.29 is 18.4 Å². The molecule has 0 fully saturated rings. The van der Waals surface area contributed by atoms with E-state index in [1.165, 1.54) is 5.56 Å². The summed E-state index contributed by atoms with van der Waals surface area (Å²) in [7, 11) is 6.72. The molecule has 0 radical (unpaired) electrons. The number of nitrogens with zero attached hydrogens (tertiary/aromatic N) is 3. The molecule has 1 atom stereocenters.